The Bertz CT molecular complexity index is 436. The second-order valence-electron chi connectivity index (χ2n) is 5.63. The van der Waals surface area contributed by atoms with E-state index in [4.69, 9.17) is 0 Å². The topological polar surface area (TPSA) is 32.3 Å². The van der Waals surface area contributed by atoms with Crippen molar-refractivity contribution in [3.05, 3.63) is 29.3 Å². The zero-order valence-corrected chi connectivity index (χ0v) is 13.4. The summed E-state index contributed by atoms with van der Waals surface area (Å²) >= 11 is 0. The first-order chi connectivity index (χ1) is 9.06. The Balaban J connectivity index is 0.00000200. The largest absolute Gasteiger partial charge is 0.315 e. The summed E-state index contributed by atoms with van der Waals surface area (Å²) in [6, 6.07) is 6.80. The van der Waals surface area contributed by atoms with Crippen LogP contribution in [0.25, 0.3) is 0 Å². The van der Waals surface area contributed by atoms with E-state index in [1.165, 1.54) is 24.0 Å². The molecular formula is C16H25ClN2O. The fraction of sp³-hybridized carbons (Fsp3) is 0.562. The van der Waals surface area contributed by atoms with Crippen molar-refractivity contribution in [3.63, 3.8) is 0 Å². The molecule has 0 aromatic heterocycles. The average molecular weight is 297 g/mol. The molecule has 112 valence electrons. The Morgan fingerprint density at radius 3 is 2.50 bits per heavy atom. The third-order valence-electron chi connectivity index (χ3n) is 3.84. The van der Waals surface area contributed by atoms with E-state index in [2.05, 4.69) is 37.4 Å². The minimum atomic E-state index is 0. The van der Waals surface area contributed by atoms with Gasteiger partial charge in [-0.3, -0.25) is 4.79 Å². The van der Waals surface area contributed by atoms with Gasteiger partial charge in [-0.25, -0.2) is 0 Å². The van der Waals surface area contributed by atoms with E-state index < -0.39 is 0 Å². The normalized spacial score (nSPS) is 17.6. The van der Waals surface area contributed by atoms with Gasteiger partial charge in [-0.1, -0.05) is 6.07 Å². The zero-order valence-electron chi connectivity index (χ0n) is 12.6. The van der Waals surface area contributed by atoms with Gasteiger partial charge in [-0.15, -0.1) is 12.4 Å². The molecule has 3 nitrogen and oxygen atoms in total. The summed E-state index contributed by atoms with van der Waals surface area (Å²) in [5, 5.41) is 3.44. The standard InChI is InChI=1S/C16H24N2O.ClH/c1-12-9-13(2)11-15(10-12)18(3)16(19)7-6-14-5-4-8-17-14;/h9-11,14,17H,4-8H2,1-3H3;1H. The Morgan fingerprint density at radius 1 is 1.30 bits per heavy atom. The number of amides is 1. The van der Waals surface area contributed by atoms with Gasteiger partial charge in [-0.05, 0) is 62.9 Å². The number of rotatable bonds is 4. The van der Waals surface area contributed by atoms with Gasteiger partial charge in [0.15, 0.2) is 0 Å². The molecule has 1 aliphatic heterocycles. The first kappa shape index (κ1) is 17.0. The lowest BCUT2D eigenvalue weighted by atomic mass is 10.1. The van der Waals surface area contributed by atoms with Crippen LogP contribution in [0.1, 0.15) is 36.8 Å². The monoisotopic (exact) mass is 296 g/mol. The first-order valence-corrected chi connectivity index (χ1v) is 7.14. The summed E-state index contributed by atoms with van der Waals surface area (Å²) in [5.41, 5.74) is 3.40. The smallest absolute Gasteiger partial charge is 0.226 e. The van der Waals surface area contributed by atoms with Crippen LogP contribution in [-0.4, -0.2) is 25.5 Å². The number of nitrogens with zero attached hydrogens (tertiary/aromatic N) is 1. The van der Waals surface area contributed by atoms with Gasteiger partial charge in [-0.2, -0.15) is 0 Å². The van der Waals surface area contributed by atoms with Gasteiger partial charge in [0.25, 0.3) is 0 Å². The molecule has 1 amide bonds. The van der Waals surface area contributed by atoms with Crippen LogP contribution in [0.2, 0.25) is 0 Å². The van der Waals surface area contributed by atoms with Crippen molar-refractivity contribution in [2.24, 2.45) is 0 Å². The molecule has 1 fully saturated rings. The van der Waals surface area contributed by atoms with Crippen LogP contribution in [0.3, 0.4) is 0 Å². The molecule has 2 rings (SSSR count). The third kappa shape index (κ3) is 4.50. The van der Waals surface area contributed by atoms with Crippen molar-refractivity contribution in [1.29, 1.82) is 0 Å². The minimum absolute atomic E-state index is 0. The van der Waals surface area contributed by atoms with Gasteiger partial charge in [0.05, 0.1) is 0 Å². The SMILES string of the molecule is Cc1cc(C)cc(N(C)C(=O)CCC2CCCN2)c1.Cl. The lowest BCUT2D eigenvalue weighted by Gasteiger charge is -2.19. The molecular weight excluding hydrogens is 272 g/mol. The summed E-state index contributed by atoms with van der Waals surface area (Å²) < 4.78 is 0. The van der Waals surface area contributed by atoms with E-state index >= 15 is 0 Å². The molecule has 1 aliphatic rings. The highest BCUT2D eigenvalue weighted by atomic mass is 35.5. The molecule has 1 N–H and O–H groups in total. The van der Waals surface area contributed by atoms with Gasteiger partial charge >= 0.3 is 0 Å². The van der Waals surface area contributed by atoms with Crippen molar-refractivity contribution >= 4 is 24.0 Å². The quantitative estimate of drug-likeness (QED) is 0.925. The summed E-state index contributed by atoms with van der Waals surface area (Å²) in [6.07, 6.45) is 4.03. The molecule has 1 atom stereocenters. The second kappa shape index (κ2) is 7.65. The number of hydrogen-bond acceptors (Lipinski definition) is 2. The van der Waals surface area contributed by atoms with Gasteiger partial charge in [0.2, 0.25) is 5.91 Å². The predicted octanol–water partition coefficient (Wildman–Crippen LogP) is 3.22. The molecule has 4 heteroatoms. The van der Waals surface area contributed by atoms with E-state index in [1.807, 2.05) is 7.05 Å². The lowest BCUT2D eigenvalue weighted by Crippen LogP contribution is -2.29. The summed E-state index contributed by atoms with van der Waals surface area (Å²) in [4.78, 5) is 14.0. The molecule has 1 unspecified atom stereocenters. The summed E-state index contributed by atoms with van der Waals surface area (Å²) in [6.45, 7) is 5.24. The van der Waals surface area contributed by atoms with E-state index in [0.717, 1.165) is 18.7 Å². The van der Waals surface area contributed by atoms with Crippen LogP contribution in [0.4, 0.5) is 5.69 Å². The summed E-state index contributed by atoms with van der Waals surface area (Å²) in [7, 11) is 1.87. The van der Waals surface area contributed by atoms with E-state index in [9.17, 15) is 4.79 Å². The van der Waals surface area contributed by atoms with E-state index in [1.54, 1.807) is 4.90 Å². The van der Waals surface area contributed by atoms with Crippen molar-refractivity contribution in [1.82, 2.24) is 5.32 Å². The minimum Gasteiger partial charge on any atom is -0.315 e. The molecule has 1 saturated heterocycles. The van der Waals surface area contributed by atoms with E-state index in [-0.39, 0.29) is 18.3 Å². The maximum absolute atomic E-state index is 12.2. The Morgan fingerprint density at radius 2 is 1.95 bits per heavy atom. The molecule has 0 spiro atoms. The molecule has 20 heavy (non-hydrogen) atoms. The number of aryl methyl sites for hydroxylation is 2. The maximum Gasteiger partial charge on any atom is 0.226 e. The Labute approximate surface area is 128 Å². The number of anilines is 1. The molecule has 1 aromatic carbocycles. The average Bonchev–Trinajstić information content (AvgIpc) is 2.87. The van der Waals surface area contributed by atoms with Crippen LogP contribution in [-0.2, 0) is 4.79 Å². The maximum atomic E-state index is 12.2. The van der Waals surface area contributed by atoms with Gasteiger partial charge in [0.1, 0.15) is 0 Å². The van der Waals surface area contributed by atoms with Crippen molar-refractivity contribution in [2.45, 2.75) is 45.6 Å². The third-order valence-corrected chi connectivity index (χ3v) is 3.84. The molecule has 1 heterocycles. The highest BCUT2D eigenvalue weighted by molar-refractivity contribution is 5.93. The molecule has 1 aromatic rings. The van der Waals surface area contributed by atoms with Crippen LogP contribution in [0.15, 0.2) is 18.2 Å². The van der Waals surface area contributed by atoms with Crippen molar-refractivity contribution in [3.8, 4) is 0 Å². The predicted molar refractivity (Wildman–Crippen MR) is 86.8 cm³/mol. The Kier molecular flexibility index (Phi) is 6.50. The first-order valence-electron chi connectivity index (χ1n) is 7.14. The number of halogens is 1. The highest BCUT2D eigenvalue weighted by Gasteiger charge is 2.17. The number of nitrogens with one attached hydrogen (secondary N) is 1. The Hall–Kier alpha value is -1.06. The van der Waals surface area contributed by atoms with Crippen LogP contribution in [0.5, 0.6) is 0 Å². The van der Waals surface area contributed by atoms with Gasteiger partial charge in [0, 0.05) is 25.2 Å². The molecule has 0 saturated carbocycles. The van der Waals surface area contributed by atoms with Crippen molar-refractivity contribution in [2.75, 3.05) is 18.5 Å². The van der Waals surface area contributed by atoms with Gasteiger partial charge < -0.3 is 10.2 Å². The van der Waals surface area contributed by atoms with Crippen LogP contribution >= 0.6 is 12.4 Å². The number of hydrogen-bond donors (Lipinski definition) is 1. The molecule has 0 radical (unpaired) electrons. The van der Waals surface area contributed by atoms with E-state index in [0.29, 0.717) is 12.5 Å². The summed E-state index contributed by atoms with van der Waals surface area (Å²) in [5.74, 6) is 0.207. The fourth-order valence-electron chi connectivity index (χ4n) is 2.76. The molecule has 0 aliphatic carbocycles. The lowest BCUT2D eigenvalue weighted by molar-refractivity contribution is -0.118. The number of benzene rings is 1. The fourth-order valence-corrected chi connectivity index (χ4v) is 2.76. The molecule has 0 bridgehead atoms. The van der Waals surface area contributed by atoms with Crippen LogP contribution < -0.4 is 10.2 Å². The highest BCUT2D eigenvalue weighted by Crippen LogP contribution is 2.19. The van der Waals surface area contributed by atoms with Crippen LogP contribution in [0, 0.1) is 13.8 Å². The number of carbonyl (C=O) groups is 1. The zero-order chi connectivity index (χ0) is 13.8. The van der Waals surface area contributed by atoms with Crippen molar-refractivity contribution < 1.29 is 4.79 Å². The number of carbonyl (C=O) groups excluding carboxylic acids is 1. The second-order valence-corrected chi connectivity index (χ2v) is 5.63.